The lowest BCUT2D eigenvalue weighted by Crippen LogP contribution is -2.51. The molecule has 1 heteroatoms. The largest absolute Gasteiger partial charge is 0.216 e. The van der Waals surface area contributed by atoms with Crippen LogP contribution in [0.4, 0.5) is 0 Å². The first-order valence-corrected chi connectivity index (χ1v) is 17.2. The van der Waals surface area contributed by atoms with Crippen molar-refractivity contribution in [2.75, 3.05) is 0 Å². The van der Waals surface area contributed by atoms with Crippen LogP contribution < -0.4 is 10.9 Å². The van der Waals surface area contributed by atoms with E-state index in [4.69, 9.17) is 0 Å². The zero-order valence-electron chi connectivity index (χ0n) is 26.7. The van der Waals surface area contributed by atoms with Crippen molar-refractivity contribution >= 4 is 17.6 Å². The molecule has 3 aliphatic carbocycles. The van der Waals surface area contributed by atoms with Gasteiger partial charge in [0.2, 0.25) is 6.71 Å². The van der Waals surface area contributed by atoms with E-state index in [1.54, 1.807) is 11.0 Å². The summed E-state index contributed by atoms with van der Waals surface area (Å²) in [5.74, 6) is 0. The van der Waals surface area contributed by atoms with Crippen LogP contribution in [0.15, 0.2) is 140 Å². The summed E-state index contributed by atoms with van der Waals surface area (Å²) >= 11 is 0. The van der Waals surface area contributed by atoms with Crippen LogP contribution in [-0.2, 0) is 10.8 Å². The van der Waals surface area contributed by atoms with Gasteiger partial charge in [-0.2, -0.15) is 0 Å². The molecule has 1 heterocycles. The van der Waals surface area contributed by atoms with E-state index in [0.717, 1.165) is 0 Å². The topological polar surface area (TPSA) is 0 Å². The van der Waals surface area contributed by atoms with E-state index >= 15 is 0 Å². The Morgan fingerprint density at radius 2 is 0.978 bits per heavy atom. The lowest BCUT2D eigenvalue weighted by Gasteiger charge is -2.48. The van der Waals surface area contributed by atoms with Gasteiger partial charge in [-0.1, -0.05) is 177 Å². The van der Waals surface area contributed by atoms with Gasteiger partial charge in [0.15, 0.2) is 0 Å². The number of rotatable bonds is 2. The Balaban J connectivity index is 1.17. The van der Waals surface area contributed by atoms with Crippen molar-refractivity contribution in [3.63, 3.8) is 0 Å². The number of hydrogen-bond acceptors (Lipinski definition) is 0. The summed E-state index contributed by atoms with van der Waals surface area (Å²) in [6.45, 7) is 5.61. The molecule has 2 unspecified atom stereocenters. The van der Waals surface area contributed by atoms with Crippen molar-refractivity contribution in [2.45, 2.75) is 55.7 Å². The molecule has 0 bridgehead atoms. The van der Waals surface area contributed by atoms with Crippen molar-refractivity contribution in [2.24, 2.45) is 0 Å². The fraction of sp³-hybridized carbons (Fsp3) is 0.200. The van der Waals surface area contributed by atoms with Crippen LogP contribution in [0.2, 0.25) is 5.31 Å². The van der Waals surface area contributed by atoms with E-state index in [1.807, 2.05) is 0 Å². The SMILES string of the molecule is CC12CCCCC1(C)c1cc(-c3ccc4c(c3)-c3ccccc3C43c4ccccc4-c4ccccc43)ccc1B2c1ccccc1. The lowest BCUT2D eigenvalue weighted by atomic mass is 9.26. The summed E-state index contributed by atoms with van der Waals surface area (Å²) in [7, 11) is 0. The second-order valence-corrected chi connectivity index (χ2v) is 14.7. The standard InChI is InChI=1S/C45H37B/c1-43-26-12-13-27-44(43,2)46(32-14-4-3-5-15-32)42-25-23-31(29-41(42)43)30-22-24-40-36(28-30)35-18-8-11-21-39(35)45(40)37-19-9-6-16-33(37)34-17-7-10-20-38(34)45/h3-11,14-25,28-29H,12-13,26-27H2,1-2H3. The molecule has 0 saturated heterocycles. The Morgan fingerprint density at radius 1 is 0.457 bits per heavy atom. The van der Waals surface area contributed by atoms with E-state index in [1.165, 1.54) is 86.8 Å². The number of benzene rings is 6. The maximum Gasteiger partial charge on any atom is 0.216 e. The monoisotopic (exact) mass is 588 g/mol. The second-order valence-electron chi connectivity index (χ2n) is 14.7. The molecule has 1 saturated carbocycles. The van der Waals surface area contributed by atoms with Crippen molar-refractivity contribution in [1.29, 1.82) is 0 Å². The maximum absolute atomic E-state index is 2.59. The first kappa shape index (κ1) is 26.6. The van der Waals surface area contributed by atoms with Crippen LogP contribution in [0.3, 0.4) is 0 Å². The van der Waals surface area contributed by atoms with Crippen LogP contribution in [0.5, 0.6) is 0 Å². The normalized spacial score (nSPS) is 22.5. The maximum atomic E-state index is 2.59. The molecule has 1 aliphatic heterocycles. The Hall–Kier alpha value is -4.62. The van der Waals surface area contributed by atoms with Gasteiger partial charge in [0, 0.05) is 0 Å². The molecular formula is C45H37B. The van der Waals surface area contributed by atoms with Gasteiger partial charge in [0.05, 0.1) is 5.41 Å². The highest BCUT2D eigenvalue weighted by Gasteiger charge is 2.60. The summed E-state index contributed by atoms with van der Waals surface area (Å²) in [6.07, 6.45) is 5.20. The van der Waals surface area contributed by atoms with Crippen molar-refractivity contribution in [3.05, 3.63) is 167 Å². The van der Waals surface area contributed by atoms with E-state index < -0.39 is 0 Å². The third-order valence-electron chi connectivity index (χ3n) is 12.9. The first-order valence-electron chi connectivity index (χ1n) is 17.2. The zero-order chi connectivity index (χ0) is 30.7. The third-order valence-corrected chi connectivity index (χ3v) is 12.9. The minimum Gasteiger partial charge on any atom is -0.0735 e. The molecular weight excluding hydrogens is 551 g/mol. The number of fused-ring (bicyclic) bond motifs is 13. The van der Waals surface area contributed by atoms with Crippen LogP contribution in [0.1, 0.15) is 67.3 Å². The van der Waals surface area contributed by atoms with E-state index in [9.17, 15) is 0 Å². The summed E-state index contributed by atoms with van der Waals surface area (Å²) < 4.78 is 0. The number of hydrogen-bond donors (Lipinski definition) is 0. The Kier molecular flexibility index (Phi) is 5.33. The first-order chi connectivity index (χ1) is 22.6. The Bertz CT molecular complexity index is 2160. The molecule has 46 heavy (non-hydrogen) atoms. The predicted molar refractivity (Wildman–Crippen MR) is 194 cm³/mol. The molecule has 220 valence electrons. The van der Waals surface area contributed by atoms with Gasteiger partial charge in [-0.05, 0) is 84.4 Å². The van der Waals surface area contributed by atoms with Crippen LogP contribution >= 0.6 is 0 Å². The fourth-order valence-electron chi connectivity index (χ4n) is 10.7. The molecule has 0 nitrogen and oxygen atoms in total. The second kappa shape index (κ2) is 9.23. The Labute approximate surface area is 273 Å². The fourth-order valence-corrected chi connectivity index (χ4v) is 10.7. The molecule has 1 fully saturated rings. The van der Waals surface area contributed by atoms with Crippen molar-refractivity contribution < 1.29 is 0 Å². The summed E-state index contributed by atoms with van der Waals surface area (Å²) in [4.78, 5) is 0. The molecule has 6 aromatic carbocycles. The molecule has 10 rings (SSSR count). The van der Waals surface area contributed by atoms with Gasteiger partial charge in [-0.15, -0.1) is 0 Å². The zero-order valence-corrected chi connectivity index (χ0v) is 26.7. The summed E-state index contributed by atoms with van der Waals surface area (Å²) in [6, 6.07) is 53.5. The summed E-state index contributed by atoms with van der Waals surface area (Å²) in [5.41, 5.74) is 18.2. The summed E-state index contributed by atoms with van der Waals surface area (Å²) in [5, 5.41) is 0.222. The molecule has 2 atom stereocenters. The average molecular weight is 589 g/mol. The van der Waals surface area contributed by atoms with Crippen LogP contribution in [-0.4, -0.2) is 6.71 Å². The molecule has 0 radical (unpaired) electrons. The molecule has 0 aromatic heterocycles. The van der Waals surface area contributed by atoms with Gasteiger partial charge in [-0.25, -0.2) is 0 Å². The minimum absolute atomic E-state index is 0.168. The van der Waals surface area contributed by atoms with Gasteiger partial charge >= 0.3 is 0 Å². The lowest BCUT2D eigenvalue weighted by molar-refractivity contribution is 0.243. The Morgan fingerprint density at radius 3 is 1.65 bits per heavy atom. The van der Waals surface area contributed by atoms with Gasteiger partial charge < -0.3 is 0 Å². The van der Waals surface area contributed by atoms with Gasteiger partial charge in [-0.3, -0.25) is 0 Å². The van der Waals surface area contributed by atoms with Gasteiger partial charge in [0.25, 0.3) is 0 Å². The predicted octanol–water partition coefficient (Wildman–Crippen LogP) is 9.91. The third kappa shape index (κ3) is 3.12. The highest BCUT2D eigenvalue weighted by molar-refractivity contribution is 6.89. The van der Waals surface area contributed by atoms with E-state index in [-0.39, 0.29) is 16.1 Å². The molecule has 4 aliphatic rings. The highest BCUT2D eigenvalue weighted by atomic mass is 14.5. The quantitative estimate of drug-likeness (QED) is 0.176. The van der Waals surface area contributed by atoms with Crippen molar-refractivity contribution in [3.8, 4) is 33.4 Å². The van der Waals surface area contributed by atoms with Crippen molar-refractivity contribution in [1.82, 2.24) is 0 Å². The highest BCUT2D eigenvalue weighted by Crippen LogP contribution is 2.64. The minimum atomic E-state index is -0.282. The molecule has 0 N–H and O–H groups in total. The molecule has 0 amide bonds. The molecule has 6 aromatic rings. The molecule has 1 spiro atoms. The van der Waals surface area contributed by atoms with E-state index in [2.05, 4.69) is 153 Å². The van der Waals surface area contributed by atoms with E-state index in [0.29, 0.717) is 6.71 Å². The van der Waals surface area contributed by atoms with Gasteiger partial charge in [0.1, 0.15) is 0 Å². The van der Waals surface area contributed by atoms with Crippen LogP contribution in [0.25, 0.3) is 33.4 Å². The van der Waals surface area contributed by atoms with Crippen LogP contribution in [0, 0.1) is 0 Å². The average Bonchev–Trinajstić information content (AvgIpc) is 3.65. The smallest absolute Gasteiger partial charge is 0.0735 e.